The van der Waals surface area contributed by atoms with Gasteiger partial charge in [-0.15, -0.1) is 0 Å². The highest BCUT2D eigenvalue weighted by molar-refractivity contribution is 6.33. The van der Waals surface area contributed by atoms with Crippen molar-refractivity contribution in [2.75, 3.05) is 39.2 Å². The lowest BCUT2D eigenvalue weighted by atomic mass is 10.1. The summed E-state index contributed by atoms with van der Waals surface area (Å²) in [5.74, 6) is 2.55. The number of morpholine rings is 1. The number of rotatable bonds is 6. The van der Waals surface area contributed by atoms with Crippen LogP contribution in [-0.4, -0.2) is 53.9 Å². The molecule has 1 aliphatic heterocycles. The van der Waals surface area contributed by atoms with E-state index in [1.165, 1.54) is 6.33 Å². The van der Waals surface area contributed by atoms with Gasteiger partial charge in [0.25, 0.3) is 0 Å². The third-order valence-electron chi connectivity index (χ3n) is 6.42. The molecule has 1 fully saturated rings. The van der Waals surface area contributed by atoms with Gasteiger partial charge in [-0.2, -0.15) is 0 Å². The number of fused-ring (bicyclic) bond motifs is 2. The van der Waals surface area contributed by atoms with Gasteiger partial charge in [0.2, 0.25) is 0 Å². The first-order valence-corrected chi connectivity index (χ1v) is 12.3. The summed E-state index contributed by atoms with van der Waals surface area (Å²) in [5, 5.41) is 8.11. The lowest BCUT2D eigenvalue weighted by Crippen LogP contribution is -2.33. The lowest BCUT2D eigenvalue weighted by molar-refractivity contribution is 0.0278. The number of nitrogens with one attached hydrogen (secondary N) is 3. The fourth-order valence-electron chi connectivity index (χ4n) is 4.54. The van der Waals surface area contributed by atoms with Gasteiger partial charge in [-0.05, 0) is 42.0 Å². The molecule has 3 heterocycles. The first kappa shape index (κ1) is 23.5. The summed E-state index contributed by atoms with van der Waals surface area (Å²) in [6.07, 6.45) is 1.53. The Balaban J connectivity index is 1.35. The predicted octanol–water partition coefficient (Wildman–Crippen LogP) is 5.25. The summed E-state index contributed by atoms with van der Waals surface area (Å²) in [7, 11) is 3.21. The number of aromatic nitrogens is 4. The SMILES string of the molecule is COc1cc(OC)c2ncnc(Nc3ccc(Cl)c(-c4nc5ccc(C6CNCCO6)cc5[nH]4)c3)c2c1. The van der Waals surface area contributed by atoms with E-state index in [9.17, 15) is 0 Å². The fourth-order valence-corrected chi connectivity index (χ4v) is 4.75. The quantitative estimate of drug-likeness (QED) is 0.281. The molecule has 0 saturated carbocycles. The maximum absolute atomic E-state index is 6.61. The van der Waals surface area contributed by atoms with Crippen LogP contribution in [0.15, 0.2) is 54.9 Å². The van der Waals surface area contributed by atoms with Crippen molar-refractivity contribution in [2.45, 2.75) is 6.10 Å². The van der Waals surface area contributed by atoms with Gasteiger partial charge >= 0.3 is 0 Å². The van der Waals surface area contributed by atoms with Crippen LogP contribution < -0.4 is 20.1 Å². The highest BCUT2D eigenvalue weighted by Crippen LogP contribution is 2.36. The first-order valence-electron chi connectivity index (χ1n) is 11.9. The van der Waals surface area contributed by atoms with Crippen molar-refractivity contribution in [2.24, 2.45) is 0 Å². The van der Waals surface area contributed by atoms with E-state index < -0.39 is 0 Å². The van der Waals surface area contributed by atoms with E-state index in [1.54, 1.807) is 20.3 Å². The molecule has 3 N–H and O–H groups in total. The Morgan fingerprint density at radius 1 is 1.05 bits per heavy atom. The molecule has 1 unspecified atom stereocenters. The van der Waals surface area contributed by atoms with E-state index in [2.05, 4.69) is 37.7 Å². The maximum atomic E-state index is 6.61. The molecule has 2 aromatic heterocycles. The number of halogens is 1. The number of ether oxygens (including phenoxy) is 3. The molecule has 1 saturated heterocycles. The minimum absolute atomic E-state index is 0.0287. The average molecular weight is 517 g/mol. The summed E-state index contributed by atoms with van der Waals surface area (Å²) in [6.45, 7) is 2.37. The summed E-state index contributed by atoms with van der Waals surface area (Å²) in [6, 6.07) is 15.5. The molecule has 3 aromatic carbocycles. The summed E-state index contributed by atoms with van der Waals surface area (Å²) < 4.78 is 16.8. The predicted molar refractivity (Wildman–Crippen MR) is 144 cm³/mol. The molecule has 188 valence electrons. The minimum atomic E-state index is 0.0287. The highest BCUT2D eigenvalue weighted by Gasteiger charge is 2.18. The van der Waals surface area contributed by atoms with E-state index >= 15 is 0 Å². The van der Waals surface area contributed by atoms with Crippen molar-refractivity contribution in [3.05, 3.63) is 65.4 Å². The van der Waals surface area contributed by atoms with Gasteiger partial charge in [0.1, 0.15) is 35.0 Å². The average Bonchev–Trinajstić information content (AvgIpc) is 3.37. The van der Waals surface area contributed by atoms with Gasteiger partial charge in [-0.1, -0.05) is 17.7 Å². The molecule has 9 nitrogen and oxygen atoms in total. The minimum Gasteiger partial charge on any atom is -0.497 e. The second kappa shape index (κ2) is 9.85. The molecule has 0 spiro atoms. The van der Waals surface area contributed by atoms with Crippen LogP contribution in [0.2, 0.25) is 5.02 Å². The van der Waals surface area contributed by atoms with Crippen LogP contribution in [0.1, 0.15) is 11.7 Å². The second-order valence-electron chi connectivity index (χ2n) is 8.69. The van der Waals surface area contributed by atoms with Gasteiger partial charge < -0.3 is 29.8 Å². The highest BCUT2D eigenvalue weighted by atomic mass is 35.5. The molecule has 10 heteroatoms. The Kier molecular flexibility index (Phi) is 6.25. The number of aromatic amines is 1. The second-order valence-corrected chi connectivity index (χ2v) is 9.10. The molecule has 1 aliphatic rings. The van der Waals surface area contributed by atoms with Gasteiger partial charge in [0.15, 0.2) is 0 Å². The van der Waals surface area contributed by atoms with E-state index in [0.29, 0.717) is 40.3 Å². The van der Waals surface area contributed by atoms with E-state index in [0.717, 1.165) is 46.3 Å². The Labute approximate surface area is 218 Å². The molecule has 0 bridgehead atoms. The summed E-state index contributed by atoms with van der Waals surface area (Å²) in [5.41, 5.74) is 5.14. The molecule has 0 amide bonds. The maximum Gasteiger partial charge on any atom is 0.148 e. The van der Waals surface area contributed by atoms with Crippen LogP contribution in [0.4, 0.5) is 11.5 Å². The molecule has 1 atom stereocenters. The van der Waals surface area contributed by atoms with Gasteiger partial charge in [-0.3, -0.25) is 0 Å². The molecule has 0 aliphatic carbocycles. The van der Waals surface area contributed by atoms with E-state index in [4.69, 9.17) is 30.8 Å². The van der Waals surface area contributed by atoms with Crippen molar-refractivity contribution >= 4 is 45.0 Å². The molecule has 37 heavy (non-hydrogen) atoms. The van der Waals surface area contributed by atoms with Gasteiger partial charge in [-0.25, -0.2) is 15.0 Å². The monoisotopic (exact) mass is 516 g/mol. The molecular formula is C27H25ClN6O3. The standard InChI is InChI=1S/C27H25ClN6O3/c1-35-17-11-19-25(23(12-17)36-2)30-14-31-26(19)32-16-4-5-20(28)18(10-16)27-33-21-6-3-15(9-22(21)34-27)24-13-29-7-8-37-24/h3-6,9-12,14,24,29H,7-8,13H2,1-2H3,(H,33,34)(H,30,31,32). The Hall–Kier alpha value is -3.92. The topological polar surface area (TPSA) is 106 Å². The Morgan fingerprint density at radius 3 is 2.78 bits per heavy atom. The fraction of sp³-hybridized carbons (Fsp3) is 0.222. The number of benzene rings is 3. The van der Waals surface area contributed by atoms with E-state index in [-0.39, 0.29) is 6.10 Å². The number of imidazole rings is 1. The van der Waals surface area contributed by atoms with Gasteiger partial charge in [0, 0.05) is 30.4 Å². The van der Waals surface area contributed by atoms with Crippen molar-refractivity contribution in [3.8, 4) is 22.9 Å². The van der Waals surface area contributed by atoms with Crippen molar-refractivity contribution in [1.29, 1.82) is 0 Å². The Morgan fingerprint density at radius 2 is 1.97 bits per heavy atom. The number of methoxy groups -OCH3 is 2. The number of H-pyrrole nitrogens is 1. The number of nitrogens with zero attached hydrogens (tertiary/aromatic N) is 3. The zero-order valence-corrected chi connectivity index (χ0v) is 21.1. The normalized spacial score (nSPS) is 15.7. The lowest BCUT2D eigenvalue weighted by Gasteiger charge is -2.23. The van der Waals surface area contributed by atoms with Crippen molar-refractivity contribution in [3.63, 3.8) is 0 Å². The molecular weight excluding hydrogens is 492 g/mol. The third kappa shape index (κ3) is 4.53. The van der Waals surface area contributed by atoms with Crippen molar-refractivity contribution in [1.82, 2.24) is 25.3 Å². The number of anilines is 2. The van der Waals surface area contributed by atoms with Crippen molar-refractivity contribution < 1.29 is 14.2 Å². The van der Waals surface area contributed by atoms with E-state index in [1.807, 2.05) is 30.3 Å². The zero-order valence-electron chi connectivity index (χ0n) is 20.3. The zero-order chi connectivity index (χ0) is 25.4. The van der Waals surface area contributed by atoms with Crippen LogP contribution in [0.3, 0.4) is 0 Å². The largest absolute Gasteiger partial charge is 0.497 e. The first-order chi connectivity index (χ1) is 18.1. The molecule has 0 radical (unpaired) electrons. The Bertz CT molecular complexity index is 1600. The van der Waals surface area contributed by atoms with Crippen LogP contribution in [-0.2, 0) is 4.74 Å². The van der Waals surface area contributed by atoms with Gasteiger partial charge in [0.05, 0.1) is 48.4 Å². The third-order valence-corrected chi connectivity index (χ3v) is 6.75. The van der Waals surface area contributed by atoms with Crippen LogP contribution in [0.5, 0.6) is 11.5 Å². The molecule has 6 rings (SSSR count). The van der Waals surface area contributed by atoms with Crippen LogP contribution >= 0.6 is 11.6 Å². The van der Waals surface area contributed by atoms with Crippen LogP contribution in [0, 0.1) is 0 Å². The number of hydrogen-bond acceptors (Lipinski definition) is 8. The summed E-state index contributed by atoms with van der Waals surface area (Å²) in [4.78, 5) is 17.1. The molecule has 5 aromatic rings. The number of hydrogen-bond donors (Lipinski definition) is 3. The smallest absolute Gasteiger partial charge is 0.148 e. The van der Waals surface area contributed by atoms with Crippen LogP contribution in [0.25, 0.3) is 33.3 Å². The summed E-state index contributed by atoms with van der Waals surface area (Å²) >= 11 is 6.61.